The fourth-order valence-corrected chi connectivity index (χ4v) is 2.45. The van der Waals surface area contributed by atoms with Gasteiger partial charge < -0.3 is 15.5 Å². The Morgan fingerprint density at radius 1 is 1.45 bits per heavy atom. The van der Waals surface area contributed by atoms with Crippen LogP contribution in [0.1, 0.15) is 5.56 Å². The Morgan fingerprint density at radius 3 is 2.77 bits per heavy atom. The molecule has 0 aromatic heterocycles. The quantitative estimate of drug-likeness (QED) is 0.773. The molecule has 1 saturated heterocycles. The standard InChI is InChI=1S/C13H13ClF2N2O4/c14-7-3-1-2-6(9(7)16)4-17-12(20)10-11(19)8(15)5-18(10)13(21)22/h1-3,8,10-11,19H,4-5H2,(H,17,20)(H,21,22)/t8-,10-,11+/m0/s1. The zero-order chi connectivity index (χ0) is 16.4. The van der Waals surface area contributed by atoms with Crippen LogP contribution in [0.2, 0.25) is 5.02 Å². The monoisotopic (exact) mass is 334 g/mol. The molecule has 3 atom stereocenters. The van der Waals surface area contributed by atoms with Gasteiger partial charge >= 0.3 is 6.09 Å². The van der Waals surface area contributed by atoms with E-state index in [-0.39, 0.29) is 17.1 Å². The van der Waals surface area contributed by atoms with Crippen molar-refractivity contribution in [3.63, 3.8) is 0 Å². The first-order chi connectivity index (χ1) is 10.3. The van der Waals surface area contributed by atoms with E-state index in [1.807, 2.05) is 0 Å². The van der Waals surface area contributed by atoms with Crippen molar-refractivity contribution in [2.45, 2.75) is 24.9 Å². The van der Waals surface area contributed by atoms with Crippen LogP contribution in [-0.4, -0.2) is 52.0 Å². The molecule has 0 aliphatic carbocycles. The summed E-state index contributed by atoms with van der Waals surface area (Å²) < 4.78 is 27.1. The van der Waals surface area contributed by atoms with Crippen LogP contribution >= 0.6 is 11.6 Å². The summed E-state index contributed by atoms with van der Waals surface area (Å²) in [5.41, 5.74) is 0.0898. The van der Waals surface area contributed by atoms with E-state index in [4.69, 9.17) is 16.7 Å². The van der Waals surface area contributed by atoms with Crippen molar-refractivity contribution in [2.75, 3.05) is 6.54 Å². The van der Waals surface area contributed by atoms with Gasteiger partial charge in [0.1, 0.15) is 24.1 Å². The number of hydrogen-bond acceptors (Lipinski definition) is 3. The molecule has 22 heavy (non-hydrogen) atoms. The molecule has 1 heterocycles. The average molecular weight is 335 g/mol. The lowest BCUT2D eigenvalue weighted by atomic mass is 10.1. The highest BCUT2D eigenvalue weighted by Gasteiger charge is 2.47. The molecule has 1 aromatic carbocycles. The lowest BCUT2D eigenvalue weighted by Crippen LogP contribution is -2.49. The Balaban J connectivity index is 2.08. The van der Waals surface area contributed by atoms with Gasteiger partial charge in [-0.1, -0.05) is 23.7 Å². The summed E-state index contributed by atoms with van der Waals surface area (Å²) in [6.07, 6.45) is -5.14. The smallest absolute Gasteiger partial charge is 0.408 e. The molecule has 2 amide bonds. The third-order valence-corrected chi connectivity index (χ3v) is 3.69. The number of benzene rings is 1. The number of aliphatic hydroxyl groups excluding tert-OH is 1. The molecule has 1 aliphatic rings. The second-order valence-electron chi connectivity index (χ2n) is 4.82. The minimum absolute atomic E-state index is 0.0898. The van der Waals surface area contributed by atoms with Gasteiger partial charge in [-0.15, -0.1) is 0 Å². The van der Waals surface area contributed by atoms with Crippen molar-refractivity contribution in [2.24, 2.45) is 0 Å². The Morgan fingerprint density at radius 2 is 2.14 bits per heavy atom. The normalized spacial score (nSPS) is 24.4. The van der Waals surface area contributed by atoms with E-state index in [2.05, 4.69) is 5.32 Å². The Bertz CT molecular complexity index is 601. The van der Waals surface area contributed by atoms with E-state index in [1.54, 1.807) is 0 Å². The van der Waals surface area contributed by atoms with Crippen molar-refractivity contribution in [3.05, 3.63) is 34.6 Å². The van der Waals surface area contributed by atoms with Gasteiger partial charge in [0.25, 0.3) is 0 Å². The van der Waals surface area contributed by atoms with Crippen molar-refractivity contribution in [1.82, 2.24) is 10.2 Å². The number of carbonyl (C=O) groups excluding carboxylic acids is 1. The lowest BCUT2D eigenvalue weighted by Gasteiger charge is -2.22. The summed E-state index contributed by atoms with van der Waals surface area (Å²) in [5.74, 6) is -1.62. The molecule has 0 unspecified atom stereocenters. The van der Waals surface area contributed by atoms with E-state index in [1.165, 1.54) is 18.2 Å². The second-order valence-corrected chi connectivity index (χ2v) is 5.22. The zero-order valence-corrected chi connectivity index (χ0v) is 11.9. The third-order valence-electron chi connectivity index (χ3n) is 3.40. The number of nitrogens with zero attached hydrogens (tertiary/aromatic N) is 1. The lowest BCUT2D eigenvalue weighted by molar-refractivity contribution is -0.128. The van der Waals surface area contributed by atoms with Gasteiger partial charge in [0.2, 0.25) is 5.91 Å². The van der Waals surface area contributed by atoms with Gasteiger partial charge in [-0.25, -0.2) is 13.6 Å². The van der Waals surface area contributed by atoms with Gasteiger partial charge in [0.05, 0.1) is 11.6 Å². The van der Waals surface area contributed by atoms with Crippen molar-refractivity contribution < 1.29 is 28.6 Å². The van der Waals surface area contributed by atoms with Crippen LogP contribution in [0.25, 0.3) is 0 Å². The maximum Gasteiger partial charge on any atom is 0.408 e. The van der Waals surface area contributed by atoms with E-state index in [0.717, 1.165) is 0 Å². The fourth-order valence-electron chi connectivity index (χ4n) is 2.26. The van der Waals surface area contributed by atoms with E-state index in [9.17, 15) is 23.5 Å². The highest BCUT2D eigenvalue weighted by Crippen LogP contribution is 2.22. The van der Waals surface area contributed by atoms with Crippen LogP contribution in [0.4, 0.5) is 13.6 Å². The predicted molar refractivity (Wildman–Crippen MR) is 72.7 cm³/mol. The van der Waals surface area contributed by atoms with Gasteiger partial charge in [-0.05, 0) is 6.07 Å². The van der Waals surface area contributed by atoms with Gasteiger partial charge in [0, 0.05) is 12.1 Å². The SMILES string of the molecule is O=C(NCc1cccc(Cl)c1F)[C@@H]1[C@H](O)[C@@H](F)CN1C(=O)O. The number of aliphatic hydroxyl groups is 1. The van der Waals surface area contributed by atoms with Crippen LogP contribution in [0.15, 0.2) is 18.2 Å². The highest BCUT2D eigenvalue weighted by molar-refractivity contribution is 6.30. The third kappa shape index (κ3) is 3.12. The van der Waals surface area contributed by atoms with Crippen LogP contribution in [0.3, 0.4) is 0 Å². The Kier molecular flexibility index (Phi) is 4.82. The number of halogens is 3. The molecule has 2 rings (SSSR count). The average Bonchev–Trinajstić information content (AvgIpc) is 2.76. The molecule has 6 nitrogen and oxygen atoms in total. The number of nitrogens with one attached hydrogen (secondary N) is 1. The first-order valence-corrected chi connectivity index (χ1v) is 6.73. The molecular formula is C13H13ClF2N2O4. The topological polar surface area (TPSA) is 89.9 Å². The molecule has 1 aromatic rings. The van der Waals surface area contributed by atoms with Gasteiger partial charge in [-0.3, -0.25) is 9.69 Å². The highest BCUT2D eigenvalue weighted by atomic mass is 35.5. The summed E-state index contributed by atoms with van der Waals surface area (Å²) in [6.45, 7) is -0.862. The number of hydrogen-bond donors (Lipinski definition) is 3. The van der Waals surface area contributed by atoms with E-state index in [0.29, 0.717) is 4.90 Å². The molecule has 9 heteroatoms. The summed E-state index contributed by atoms with van der Waals surface area (Å²) in [7, 11) is 0. The molecule has 0 bridgehead atoms. The van der Waals surface area contributed by atoms with E-state index >= 15 is 0 Å². The Labute approximate surface area is 129 Å². The van der Waals surface area contributed by atoms with Crippen LogP contribution in [0.5, 0.6) is 0 Å². The van der Waals surface area contributed by atoms with Crippen molar-refractivity contribution >= 4 is 23.6 Å². The molecule has 0 radical (unpaired) electrons. The van der Waals surface area contributed by atoms with Crippen LogP contribution in [0, 0.1) is 5.82 Å². The molecule has 0 saturated carbocycles. The van der Waals surface area contributed by atoms with Gasteiger partial charge in [-0.2, -0.15) is 0 Å². The van der Waals surface area contributed by atoms with Gasteiger partial charge in [0.15, 0.2) is 0 Å². The molecule has 120 valence electrons. The maximum atomic E-state index is 13.7. The predicted octanol–water partition coefficient (Wildman–Crippen LogP) is 1.16. The number of amides is 2. The number of rotatable bonds is 3. The zero-order valence-electron chi connectivity index (χ0n) is 11.2. The molecule has 0 spiro atoms. The van der Waals surface area contributed by atoms with Crippen molar-refractivity contribution in [1.29, 1.82) is 0 Å². The summed E-state index contributed by atoms with van der Waals surface area (Å²) in [5, 5.41) is 20.7. The van der Waals surface area contributed by atoms with Crippen LogP contribution in [-0.2, 0) is 11.3 Å². The molecular weight excluding hydrogens is 322 g/mol. The number of carboxylic acid groups (broad SMARTS) is 1. The summed E-state index contributed by atoms with van der Waals surface area (Å²) in [6, 6.07) is 2.63. The molecule has 1 aliphatic heterocycles. The Hall–Kier alpha value is -1.93. The van der Waals surface area contributed by atoms with E-state index < -0.39 is 42.7 Å². The minimum Gasteiger partial charge on any atom is -0.465 e. The minimum atomic E-state index is -1.85. The molecule has 3 N–H and O–H groups in total. The summed E-state index contributed by atoms with van der Waals surface area (Å²) in [4.78, 5) is 23.5. The number of likely N-dealkylation sites (tertiary alicyclic amines) is 1. The maximum absolute atomic E-state index is 13.7. The number of alkyl halides is 1. The first-order valence-electron chi connectivity index (χ1n) is 6.35. The molecule has 1 fully saturated rings. The fraction of sp³-hybridized carbons (Fsp3) is 0.385. The van der Waals surface area contributed by atoms with Crippen LogP contribution < -0.4 is 5.32 Å². The number of carbonyl (C=O) groups is 2. The first kappa shape index (κ1) is 16.4. The summed E-state index contributed by atoms with van der Waals surface area (Å²) >= 11 is 5.60. The second kappa shape index (κ2) is 6.45. The van der Waals surface area contributed by atoms with Crippen molar-refractivity contribution in [3.8, 4) is 0 Å². The largest absolute Gasteiger partial charge is 0.465 e.